The Kier molecular flexibility index (Phi) is 8.89. The van der Waals surface area contributed by atoms with Gasteiger partial charge >= 0.3 is 5.97 Å². The number of nitrogens with one attached hydrogen (secondary N) is 1. The van der Waals surface area contributed by atoms with Crippen molar-refractivity contribution in [3.05, 3.63) is 70.3 Å². The molecule has 2 aromatic rings. The fourth-order valence-electron chi connectivity index (χ4n) is 2.85. The number of methoxy groups -OCH3 is 1. The second-order valence-electron chi connectivity index (χ2n) is 6.93. The molecular weight excluding hydrogens is 406 g/mol. The van der Waals surface area contributed by atoms with Gasteiger partial charge in [-0.05, 0) is 43.2 Å². The van der Waals surface area contributed by atoms with E-state index in [0.717, 1.165) is 16.7 Å². The first-order chi connectivity index (χ1) is 14.3. The Hall–Kier alpha value is -2.83. The van der Waals surface area contributed by atoms with Crippen LogP contribution in [0.3, 0.4) is 0 Å². The average Bonchev–Trinajstić information content (AvgIpc) is 2.71. The highest BCUT2D eigenvalue weighted by molar-refractivity contribution is 6.32. The molecule has 0 fully saturated rings. The zero-order valence-electron chi connectivity index (χ0n) is 17.2. The third-order valence-electron chi connectivity index (χ3n) is 4.25. The number of carboxylic acids is 1. The van der Waals surface area contributed by atoms with E-state index in [-0.39, 0.29) is 25.0 Å². The van der Waals surface area contributed by atoms with Crippen molar-refractivity contribution in [3.63, 3.8) is 0 Å². The molecule has 0 aliphatic carbocycles. The second kappa shape index (κ2) is 11.4. The second-order valence-corrected chi connectivity index (χ2v) is 7.34. The van der Waals surface area contributed by atoms with Crippen LogP contribution in [0.15, 0.2) is 48.5 Å². The zero-order valence-corrected chi connectivity index (χ0v) is 18.0. The van der Waals surface area contributed by atoms with E-state index >= 15 is 0 Å². The molecule has 0 heterocycles. The SMILES string of the molecule is COc1ccc(CC(OC(C)C)C(=O)O)cc1CNC(=O)C=Cc1ccccc1Cl. The minimum Gasteiger partial charge on any atom is -0.496 e. The smallest absolute Gasteiger partial charge is 0.333 e. The van der Waals surface area contributed by atoms with Gasteiger partial charge < -0.3 is 19.9 Å². The van der Waals surface area contributed by atoms with Crippen molar-refractivity contribution in [3.8, 4) is 5.75 Å². The number of carbonyl (C=O) groups excluding carboxylic acids is 1. The molecule has 1 amide bonds. The number of rotatable bonds is 10. The molecule has 1 unspecified atom stereocenters. The predicted molar refractivity (Wildman–Crippen MR) is 117 cm³/mol. The Morgan fingerprint density at radius 2 is 1.93 bits per heavy atom. The summed E-state index contributed by atoms with van der Waals surface area (Å²) in [5.74, 6) is -0.696. The van der Waals surface area contributed by atoms with Gasteiger partial charge in [0.05, 0.1) is 13.2 Å². The Bertz CT molecular complexity index is 910. The van der Waals surface area contributed by atoms with Crippen LogP contribution in [0.5, 0.6) is 5.75 Å². The van der Waals surface area contributed by atoms with Crippen LogP contribution in [0.25, 0.3) is 6.08 Å². The van der Waals surface area contributed by atoms with Crippen molar-refractivity contribution in [2.45, 2.75) is 39.0 Å². The van der Waals surface area contributed by atoms with Gasteiger partial charge in [0, 0.05) is 29.6 Å². The van der Waals surface area contributed by atoms with Crippen LogP contribution in [0.4, 0.5) is 0 Å². The Morgan fingerprint density at radius 1 is 1.20 bits per heavy atom. The van der Waals surface area contributed by atoms with Gasteiger partial charge in [0.1, 0.15) is 5.75 Å². The number of benzene rings is 2. The fraction of sp³-hybridized carbons (Fsp3) is 0.304. The topological polar surface area (TPSA) is 84.9 Å². The lowest BCUT2D eigenvalue weighted by Crippen LogP contribution is -2.29. The monoisotopic (exact) mass is 431 g/mol. The standard InChI is InChI=1S/C23H26ClNO5/c1-15(2)30-21(23(27)28)13-16-8-10-20(29-3)18(12-16)14-25-22(26)11-9-17-6-4-5-7-19(17)24/h4-12,15,21H,13-14H2,1-3H3,(H,25,26)(H,27,28). The molecule has 0 spiro atoms. The van der Waals surface area contributed by atoms with Crippen molar-refractivity contribution in [2.75, 3.05) is 7.11 Å². The summed E-state index contributed by atoms with van der Waals surface area (Å²) in [6.45, 7) is 3.81. The van der Waals surface area contributed by atoms with E-state index in [1.807, 2.05) is 24.3 Å². The van der Waals surface area contributed by atoms with Crippen LogP contribution in [-0.4, -0.2) is 36.3 Å². The zero-order chi connectivity index (χ0) is 22.1. The quantitative estimate of drug-likeness (QED) is 0.553. The van der Waals surface area contributed by atoms with Gasteiger partial charge in [-0.15, -0.1) is 0 Å². The normalized spacial score (nSPS) is 12.2. The lowest BCUT2D eigenvalue weighted by molar-refractivity contribution is -0.153. The van der Waals surface area contributed by atoms with Gasteiger partial charge in [-0.2, -0.15) is 0 Å². The van der Waals surface area contributed by atoms with Gasteiger partial charge in [0.15, 0.2) is 6.10 Å². The summed E-state index contributed by atoms with van der Waals surface area (Å²) in [7, 11) is 1.54. The fourth-order valence-corrected chi connectivity index (χ4v) is 3.05. The number of hydrogen-bond acceptors (Lipinski definition) is 4. The average molecular weight is 432 g/mol. The molecule has 0 radical (unpaired) electrons. The van der Waals surface area contributed by atoms with Crippen molar-refractivity contribution >= 4 is 29.6 Å². The number of carbonyl (C=O) groups is 2. The molecule has 1 atom stereocenters. The van der Waals surface area contributed by atoms with Gasteiger partial charge in [-0.1, -0.05) is 41.9 Å². The molecule has 2 rings (SSSR count). The van der Waals surface area contributed by atoms with E-state index in [1.165, 1.54) is 6.08 Å². The minimum absolute atomic E-state index is 0.201. The van der Waals surface area contributed by atoms with Crippen LogP contribution in [0.1, 0.15) is 30.5 Å². The molecule has 0 aliphatic rings. The number of ether oxygens (including phenoxy) is 2. The molecule has 2 N–H and O–H groups in total. The maximum Gasteiger partial charge on any atom is 0.333 e. The highest BCUT2D eigenvalue weighted by Gasteiger charge is 2.20. The molecule has 7 heteroatoms. The summed E-state index contributed by atoms with van der Waals surface area (Å²) in [6.07, 6.45) is 2.12. The molecule has 0 saturated carbocycles. The first kappa shape index (κ1) is 23.4. The Balaban J connectivity index is 2.07. The molecule has 2 aromatic carbocycles. The predicted octanol–water partition coefficient (Wildman–Crippen LogP) is 4.10. The van der Waals surface area contributed by atoms with Crippen LogP contribution >= 0.6 is 11.6 Å². The molecule has 0 aromatic heterocycles. The lowest BCUT2D eigenvalue weighted by atomic mass is 10.0. The van der Waals surface area contributed by atoms with Crippen molar-refractivity contribution in [1.82, 2.24) is 5.32 Å². The van der Waals surface area contributed by atoms with Gasteiger partial charge in [-0.25, -0.2) is 4.79 Å². The Labute approximate surface area is 181 Å². The van der Waals surface area contributed by atoms with Gasteiger partial charge in [0.25, 0.3) is 0 Å². The molecular formula is C23H26ClNO5. The molecule has 0 bridgehead atoms. The summed E-state index contributed by atoms with van der Waals surface area (Å²) in [5, 5.41) is 12.7. The van der Waals surface area contributed by atoms with Crippen LogP contribution < -0.4 is 10.1 Å². The number of hydrogen-bond donors (Lipinski definition) is 2. The number of aliphatic carboxylic acids is 1. The first-order valence-electron chi connectivity index (χ1n) is 9.54. The third kappa shape index (κ3) is 7.21. The summed E-state index contributed by atoms with van der Waals surface area (Å²) in [6, 6.07) is 12.6. The van der Waals surface area contributed by atoms with Crippen molar-refractivity contribution < 1.29 is 24.2 Å². The highest BCUT2D eigenvalue weighted by atomic mass is 35.5. The van der Waals surface area contributed by atoms with Crippen LogP contribution in [-0.2, 0) is 27.3 Å². The van der Waals surface area contributed by atoms with E-state index in [1.54, 1.807) is 45.2 Å². The van der Waals surface area contributed by atoms with Crippen molar-refractivity contribution in [1.29, 1.82) is 0 Å². The molecule has 0 saturated heterocycles. The first-order valence-corrected chi connectivity index (χ1v) is 9.92. The Morgan fingerprint density at radius 3 is 2.57 bits per heavy atom. The molecule has 6 nitrogen and oxygen atoms in total. The van der Waals surface area contributed by atoms with Crippen LogP contribution in [0.2, 0.25) is 5.02 Å². The number of amides is 1. The highest BCUT2D eigenvalue weighted by Crippen LogP contribution is 2.22. The van der Waals surface area contributed by atoms with E-state index in [2.05, 4.69) is 5.32 Å². The van der Waals surface area contributed by atoms with Crippen LogP contribution in [0, 0.1) is 0 Å². The molecule has 30 heavy (non-hydrogen) atoms. The third-order valence-corrected chi connectivity index (χ3v) is 4.59. The van der Waals surface area contributed by atoms with E-state index in [4.69, 9.17) is 21.1 Å². The molecule has 160 valence electrons. The van der Waals surface area contributed by atoms with Gasteiger partial charge in [0.2, 0.25) is 5.91 Å². The maximum atomic E-state index is 12.2. The lowest BCUT2D eigenvalue weighted by Gasteiger charge is -2.17. The number of carboxylic acid groups (broad SMARTS) is 1. The summed E-state index contributed by atoms with van der Waals surface area (Å²) < 4.78 is 10.8. The minimum atomic E-state index is -1.01. The van der Waals surface area contributed by atoms with E-state index < -0.39 is 12.1 Å². The summed E-state index contributed by atoms with van der Waals surface area (Å²) in [4.78, 5) is 23.6. The number of halogens is 1. The van der Waals surface area contributed by atoms with E-state index in [9.17, 15) is 14.7 Å². The maximum absolute atomic E-state index is 12.2. The van der Waals surface area contributed by atoms with Crippen molar-refractivity contribution in [2.24, 2.45) is 0 Å². The summed E-state index contributed by atoms with van der Waals surface area (Å²) in [5.41, 5.74) is 2.27. The largest absolute Gasteiger partial charge is 0.496 e. The summed E-state index contributed by atoms with van der Waals surface area (Å²) >= 11 is 6.08. The van der Waals surface area contributed by atoms with Gasteiger partial charge in [-0.3, -0.25) is 4.79 Å². The molecule has 0 aliphatic heterocycles. The van der Waals surface area contributed by atoms with E-state index in [0.29, 0.717) is 10.8 Å².